The molecule has 9 heteroatoms. The molecule has 3 N–H and O–H groups in total. The lowest BCUT2D eigenvalue weighted by Gasteiger charge is -2.20. The fourth-order valence-electron chi connectivity index (χ4n) is 2.06. The van der Waals surface area contributed by atoms with E-state index in [1.807, 2.05) is 0 Å². The molecule has 1 aliphatic rings. The average molecular weight is 312 g/mol. The van der Waals surface area contributed by atoms with Crippen molar-refractivity contribution in [1.29, 1.82) is 0 Å². The lowest BCUT2D eigenvalue weighted by atomic mass is 10.1. The third-order valence-corrected chi connectivity index (χ3v) is 4.94. The Morgan fingerprint density at radius 1 is 1.40 bits per heavy atom. The maximum Gasteiger partial charge on any atom is 0.267 e. The van der Waals surface area contributed by atoms with Crippen molar-refractivity contribution in [2.75, 3.05) is 17.1 Å². The molecule has 3 rings (SSSR count). The van der Waals surface area contributed by atoms with Gasteiger partial charge in [0, 0.05) is 5.69 Å². The van der Waals surface area contributed by atoms with Crippen molar-refractivity contribution in [3.63, 3.8) is 0 Å². The molecule has 0 amide bonds. The Hall–Kier alpha value is -1.87. The van der Waals surface area contributed by atoms with Crippen molar-refractivity contribution in [3.8, 4) is 5.75 Å². The van der Waals surface area contributed by atoms with E-state index in [1.165, 1.54) is 11.6 Å². The molecule has 2 heterocycles. The van der Waals surface area contributed by atoms with Crippen LogP contribution in [0.15, 0.2) is 22.5 Å². The van der Waals surface area contributed by atoms with Crippen LogP contribution in [0.4, 0.5) is 10.8 Å². The zero-order valence-corrected chi connectivity index (χ0v) is 12.0. The summed E-state index contributed by atoms with van der Waals surface area (Å²) in [6, 6.07) is 3.14. The SMILES string of the molecule is Nc1cc2c(c(S(=O)(=O)Nc3nncs3)c1)OCCC2. The third kappa shape index (κ3) is 2.41. The standard InChI is InChI=1S/C11H12N4O3S2/c12-8-4-7-2-1-3-18-10(7)9(5-8)20(16,17)15-11-14-13-6-19-11/h4-6H,1-3,12H2,(H,14,15). The number of nitrogens with zero attached hydrogens (tertiary/aromatic N) is 2. The highest BCUT2D eigenvalue weighted by Gasteiger charge is 2.26. The summed E-state index contributed by atoms with van der Waals surface area (Å²) in [6.45, 7) is 0.498. The second-order valence-electron chi connectivity index (χ2n) is 4.31. The molecule has 20 heavy (non-hydrogen) atoms. The van der Waals surface area contributed by atoms with Crippen LogP contribution in [0.5, 0.6) is 5.75 Å². The van der Waals surface area contributed by atoms with Crippen molar-refractivity contribution in [2.24, 2.45) is 0 Å². The van der Waals surface area contributed by atoms with Crippen molar-refractivity contribution in [3.05, 3.63) is 23.2 Å². The highest BCUT2D eigenvalue weighted by Crippen LogP contribution is 2.35. The van der Waals surface area contributed by atoms with Crippen LogP contribution in [0, 0.1) is 0 Å². The molecular weight excluding hydrogens is 300 g/mol. The van der Waals surface area contributed by atoms with Crippen LogP contribution in [-0.2, 0) is 16.4 Å². The van der Waals surface area contributed by atoms with E-state index in [0.717, 1.165) is 29.7 Å². The molecule has 1 aliphatic heterocycles. The molecule has 0 spiro atoms. The van der Waals surface area contributed by atoms with Gasteiger partial charge in [0.25, 0.3) is 10.0 Å². The monoisotopic (exact) mass is 312 g/mol. The summed E-state index contributed by atoms with van der Waals surface area (Å²) in [7, 11) is -3.79. The number of rotatable bonds is 3. The number of ether oxygens (including phenoxy) is 1. The number of fused-ring (bicyclic) bond motifs is 1. The second kappa shape index (κ2) is 4.91. The normalized spacial score (nSPS) is 14.4. The molecule has 1 aromatic heterocycles. The van der Waals surface area contributed by atoms with Crippen LogP contribution in [0.1, 0.15) is 12.0 Å². The highest BCUT2D eigenvalue weighted by atomic mass is 32.2. The average Bonchev–Trinajstić information content (AvgIpc) is 2.89. The fraction of sp³-hybridized carbons (Fsp3) is 0.273. The number of nitrogens with two attached hydrogens (primary N) is 1. The Balaban J connectivity index is 2.07. The van der Waals surface area contributed by atoms with E-state index < -0.39 is 10.0 Å². The fourth-order valence-corrected chi connectivity index (χ4v) is 3.97. The predicted octanol–water partition coefficient (Wildman–Crippen LogP) is 1.25. The lowest BCUT2D eigenvalue weighted by molar-refractivity contribution is 0.280. The Morgan fingerprint density at radius 3 is 3.00 bits per heavy atom. The van der Waals surface area contributed by atoms with E-state index in [-0.39, 0.29) is 10.0 Å². The zero-order chi connectivity index (χ0) is 14.2. The maximum absolute atomic E-state index is 12.4. The minimum absolute atomic E-state index is 0.0439. The number of anilines is 2. The van der Waals surface area contributed by atoms with Gasteiger partial charge >= 0.3 is 0 Å². The van der Waals surface area contributed by atoms with E-state index in [2.05, 4.69) is 14.9 Å². The zero-order valence-electron chi connectivity index (χ0n) is 10.4. The summed E-state index contributed by atoms with van der Waals surface area (Å²) in [5, 5.41) is 7.46. The van der Waals surface area contributed by atoms with Crippen molar-refractivity contribution in [2.45, 2.75) is 17.7 Å². The molecular formula is C11H12N4O3S2. The van der Waals surface area contributed by atoms with E-state index >= 15 is 0 Å². The number of aryl methyl sites for hydroxylation is 1. The molecule has 0 saturated carbocycles. The van der Waals surface area contributed by atoms with Crippen LogP contribution >= 0.6 is 11.3 Å². The van der Waals surface area contributed by atoms with Crippen LogP contribution in [-0.4, -0.2) is 25.2 Å². The quantitative estimate of drug-likeness (QED) is 0.826. The Labute approximate surface area is 119 Å². The van der Waals surface area contributed by atoms with Crippen LogP contribution in [0.2, 0.25) is 0 Å². The summed E-state index contributed by atoms with van der Waals surface area (Å²) < 4.78 is 32.7. The van der Waals surface area contributed by atoms with E-state index in [0.29, 0.717) is 18.0 Å². The predicted molar refractivity (Wildman–Crippen MR) is 75.4 cm³/mol. The number of hydrogen-bond donors (Lipinski definition) is 2. The van der Waals surface area contributed by atoms with Crippen molar-refractivity contribution in [1.82, 2.24) is 10.2 Å². The van der Waals surface area contributed by atoms with Gasteiger partial charge in [-0.25, -0.2) is 8.42 Å². The van der Waals surface area contributed by atoms with Crippen LogP contribution < -0.4 is 15.2 Å². The van der Waals surface area contributed by atoms with Gasteiger partial charge in [0.05, 0.1) is 6.61 Å². The van der Waals surface area contributed by atoms with Crippen LogP contribution in [0.25, 0.3) is 0 Å². The lowest BCUT2D eigenvalue weighted by Crippen LogP contribution is -2.18. The van der Waals surface area contributed by atoms with Gasteiger partial charge in [0.1, 0.15) is 16.2 Å². The first-order valence-corrected chi connectivity index (χ1v) is 8.27. The molecule has 7 nitrogen and oxygen atoms in total. The van der Waals surface area contributed by atoms with Gasteiger partial charge in [-0.05, 0) is 30.5 Å². The smallest absolute Gasteiger partial charge is 0.267 e. The minimum Gasteiger partial charge on any atom is -0.492 e. The van der Waals surface area contributed by atoms with Gasteiger partial charge in [-0.15, -0.1) is 10.2 Å². The van der Waals surface area contributed by atoms with Gasteiger partial charge in [-0.3, -0.25) is 4.72 Å². The number of benzene rings is 1. The molecule has 0 fully saturated rings. The van der Waals surface area contributed by atoms with Crippen LogP contribution in [0.3, 0.4) is 0 Å². The summed E-state index contributed by atoms with van der Waals surface area (Å²) in [4.78, 5) is 0.0439. The summed E-state index contributed by atoms with van der Waals surface area (Å²) in [6.07, 6.45) is 1.60. The van der Waals surface area contributed by atoms with Crippen molar-refractivity contribution < 1.29 is 13.2 Å². The first-order valence-electron chi connectivity index (χ1n) is 5.90. The summed E-state index contributed by atoms with van der Waals surface area (Å²) >= 11 is 1.10. The molecule has 0 bridgehead atoms. The largest absolute Gasteiger partial charge is 0.492 e. The van der Waals surface area contributed by atoms with Gasteiger partial charge in [-0.1, -0.05) is 11.3 Å². The Bertz CT molecular complexity index is 728. The van der Waals surface area contributed by atoms with E-state index in [9.17, 15) is 8.42 Å². The highest BCUT2D eigenvalue weighted by molar-refractivity contribution is 7.93. The molecule has 0 saturated heterocycles. The first kappa shape index (κ1) is 13.1. The van der Waals surface area contributed by atoms with Crippen molar-refractivity contribution >= 4 is 32.2 Å². The van der Waals surface area contributed by atoms with Gasteiger partial charge in [0.2, 0.25) is 5.13 Å². The third-order valence-electron chi connectivity index (χ3n) is 2.86. The number of hydrogen-bond acceptors (Lipinski definition) is 7. The second-order valence-corrected chi connectivity index (χ2v) is 6.79. The molecule has 1 aromatic carbocycles. The van der Waals surface area contributed by atoms with Gasteiger partial charge in [0.15, 0.2) is 0 Å². The molecule has 0 atom stereocenters. The molecule has 0 unspecified atom stereocenters. The Morgan fingerprint density at radius 2 is 2.25 bits per heavy atom. The number of sulfonamides is 1. The first-order chi connectivity index (χ1) is 9.56. The van der Waals surface area contributed by atoms with E-state index in [4.69, 9.17) is 10.5 Å². The number of nitrogen functional groups attached to an aromatic ring is 1. The maximum atomic E-state index is 12.4. The minimum atomic E-state index is -3.79. The molecule has 2 aromatic rings. The molecule has 0 radical (unpaired) electrons. The number of aromatic nitrogens is 2. The summed E-state index contributed by atoms with van der Waals surface area (Å²) in [5.41, 5.74) is 8.44. The topological polar surface area (TPSA) is 107 Å². The molecule has 0 aliphatic carbocycles. The van der Waals surface area contributed by atoms with E-state index in [1.54, 1.807) is 6.07 Å². The molecule has 106 valence electrons. The van der Waals surface area contributed by atoms with Gasteiger partial charge in [-0.2, -0.15) is 0 Å². The Kier molecular flexibility index (Phi) is 3.22. The summed E-state index contributed by atoms with van der Waals surface area (Å²) in [5.74, 6) is 0.377. The number of nitrogens with one attached hydrogen (secondary N) is 1. The van der Waals surface area contributed by atoms with Gasteiger partial charge < -0.3 is 10.5 Å².